The van der Waals surface area contributed by atoms with E-state index in [1.54, 1.807) is 0 Å². The summed E-state index contributed by atoms with van der Waals surface area (Å²) in [7, 11) is 0. The SMILES string of the molecule is O=C(CCCC1CCN(Cc2ccc3ccccc3c2)CC1)C1=NCCO1. The van der Waals surface area contributed by atoms with Gasteiger partial charge >= 0.3 is 0 Å². The lowest BCUT2D eigenvalue weighted by Gasteiger charge is -2.32. The number of benzene rings is 2. The summed E-state index contributed by atoms with van der Waals surface area (Å²) in [6.07, 6.45) is 5.15. The second-order valence-electron chi connectivity index (χ2n) is 7.75. The smallest absolute Gasteiger partial charge is 0.253 e. The molecule has 2 aliphatic heterocycles. The molecular formula is C23H28N2O2. The molecule has 0 atom stereocenters. The fourth-order valence-corrected chi connectivity index (χ4v) is 4.19. The van der Waals surface area contributed by atoms with Crippen LogP contribution in [0.25, 0.3) is 10.8 Å². The zero-order chi connectivity index (χ0) is 18.5. The van der Waals surface area contributed by atoms with Crippen molar-refractivity contribution < 1.29 is 9.53 Å². The zero-order valence-electron chi connectivity index (χ0n) is 15.9. The van der Waals surface area contributed by atoms with E-state index in [4.69, 9.17) is 4.74 Å². The normalized spacial score (nSPS) is 18.4. The third-order valence-electron chi connectivity index (χ3n) is 5.77. The number of Topliss-reactive ketones (excluding diaryl/α,β-unsaturated/α-hetero) is 1. The number of fused-ring (bicyclic) bond motifs is 1. The predicted molar refractivity (Wildman–Crippen MR) is 109 cm³/mol. The van der Waals surface area contributed by atoms with E-state index in [-0.39, 0.29) is 5.78 Å². The first-order chi connectivity index (χ1) is 13.3. The molecule has 2 heterocycles. The highest BCUT2D eigenvalue weighted by Crippen LogP contribution is 2.25. The molecule has 142 valence electrons. The third kappa shape index (κ3) is 4.75. The lowest BCUT2D eigenvalue weighted by molar-refractivity contribution is -0.114. The van der Waals surface area contributed by atoms with E-state index in [0.717, 1.165) is 38.4 Å². The van der Waals surface area contributed by atoms with E-state index in [0.29, 0.717) is 25.5 Å². The van der Waals surface area contributed by atoms with Gasteiger partial charge in [0.2, 0.25) is 5.78 Å². The Morgan fingerprint density at radius 1 is 1.11 bits per heavy atom. The van der Waals surface area contributed by atoms with Gasteiger partial charge in [-0.15, -0.1) is 0 Å². The molecule has 4 nitrogen and oxygen atoms in total. The average Bonchev–Trinajstić information content (AvgIpc) is 3.24. The van der Waals surface area contributed by atoms with E-state index >= 15 is 0 Å². The zero-order valence-corrected chi connectivity index (χ0v) is 15.9. The molecule has 2 aliphatic rings. The molecule has 0 N–H and O–H groups in total. The van der Waals surface area contributed by atoms with Crippen LogP contribution in [0, 0.1) is 5.92 Å². The minimum Gasteiger partial charge on any atom is -0.473 e. The van der Waals surface area contributed by atoms with Crippen molar-refractivity contribution in [2.45, 2.75) is 38.6 Å². The first kappa shape index (κ1) is 18.2. The van der Waals surface area contributed by atoms with Crippen molar-refractivity contribution in [1.29, 1.82) is 0 Å². The molecule has 4 rings (SSSR count). The van der Waals surface area contributed by atoms with Gasteiger partial charge in [-0.05, 0) is 67.1 Å². The number of piperidine rings is 1. The molecule has 0 amide bonds. The number of hydrogen-bond acceptors (Lipinski definition) is 4. The maximum Gasteiger partial charge on any atom is 0.253 e. The Morgan fingerprint density at radius 2 is 1.93 bits per heavy atom. The Balaban J connectivity index is 1.20. The van der Waals surface area contributed by atoms with E-state index in [9.17, 15) is 4.79 Å². The maximum atomic E-state index is 12.0. The highest BCUT2D eigenvalue weighted by Gasteiger charge is 2.21. The largest absolute Gasteiger partial charge is 0.473 e. The van der Waals surface area contributed by atoms with Crippen molar-refractivity contribution in [3.8, 4) is 0 Å². The van der Waals surface area contributed by atoms with Crippen molar-refractivity contribution in [3.05, 3.63) is 48.0 Å². The molecule has 1 fully saturated rings. The van der Waals surface area contributed by atoms with Gasteiger partial charge in [0.05, 0.1) is 6.54 Å². The van der Waals surface area contributed by atoms with Gasteiger partial charge in [0.15, 0.2) is 0 Å². The van der Waals surface area contributed by atoms with E-state index < -0.39 is 0 Å². The number of hydrogen-bond donors (Lipinski definition) is 0. The highest BCUT2D eigenvalue weighted by atomic mass is 16.5. The monoisotopic (exact) mass is 364 g/mol. The molecule has 0 unspecified atom stereocenters. The van der Waals surface area contributed by atoms with Gasteiger partial charge in [-0.3, -0.25) is 9.69 Å². The summed E-state index contributed by atoms with van der Waals surface area (Å²) in [5.41, 5.74) is 1.40. The number of carbonyl (C=O) groups is 1. The van der Waals surface area contributed by atoms with Crippen molar-refractivity contribution in [2.24, 2.45) is 10.9 Å². The van der Waals surface area contributed by atoms with Crippen molar-refractivity contribution in [2.75, 3.05) is 26.2 Å². The van der Waals surface area contributed by atoms with Gasteiger partial charge in [0.1, 0.15) is 6.61 Å². The van der Waals surface area contributed by atoms with Crippen molar-refractivity contribution in [3.63, 3.8) is 0 Å². The van der Waals surface area contributed by atoms with Crippen LogP contribution >= 0.6 is 0 Å². The summed E-state index contributed by atoms with van der Waals surface area (Å²) < 4.78 is 5.25. The number of nitrogens with zero attached hydrogens (tertiary/aromatic N) is 2. The van der Waals surface area contributed by atoms with Crippen LogP contribution in [0.1, 0.15) is 37.7 Å². The van der Waals surface area contributed by atoms with E-state index in [1.165, 1.54) is 29.2 Å². The van der Waals surface area contributed by atoms with Crippen LogP contribution in [-0.2, 0) is 16.1 Å². The Bertz CT molecular complexity index is 822. The second kappa shape index (κ2) is 8.66. The standard InChI is InChI=1S/C23H28N2O2/c26-22(23-24-12-15-27-23)7-3-4-18-10-13-25(14-11-18)17-19-8-9-20-5-1-2-6-21(20)16-19/h1-2,5-6,8-9,16,18H,3-4,7,10-15,17H2. The Labute approximate surface area is 161 Å². The predicted octanol–water partition coefficient (Wildman–Crippen LogP) is 4.22. The Hall–Kier alpha value is -2.20. The van der Waals surface area contributed by atoms with Gasteiger partial charge in [-0.1, -0.05) is 36.4 Å². The molecule has 0 saturated carbocycles. The first-order valence-corrected chi connectivity index (χ1v) is 10.2. The van der Waals surface area contributed by atoms with Gasteiger partial charge < -0.3 is 4.74 Å². The quantitative estimate of drug-likeness (QED) is 0.739. The molecule has 0 spiro atoms. The number of ketones is 1. The number of rotatable bonds is 7. The molecule has 2 aromatic rings. The van der Waals surface area contributed by atoms with Gasteiger partial charge in [-0.25, -0.2) is 4.99 Å². The Morgan fingerprint density at radius 3 is 2.70 bits per heavy atom. The molecule has 0 bridgehead atoms. The minimum atomic E-state index is 0.0845. The van der Waals surface area contributed by atoms with E-state index in [2.05, 4.69) is 52.4 Å². The summed E-state index contributed by atoms with van der Waals surface area (Å²) in [6, 6.07) is 15.4. The van der Waals surface area contributed by atoms with Gasteiger partial charge in [-0.2, -0.15) is 0 Å². The van der Waals surface area contributed by atoms with Crippen LogP contribution in [0.3, 0.4) is 0 Å². The van der Waals surface area contributed by atoms with E-state index in [1.807, 2.05) is 0 Å². The summed E-state index contributed by atoms with van der Waals surface area (Å²) in [6.45, 7) is 4.54. The molecule has 27 heavy (non-hydrogen) atoms. The second-order valence-corrected chi connectivity index (χ2v) is 7.75. The maximum absolute atomic E-state index is 12.0. The topological polar surface area (TPSA) is 41.9 Å². The van der Waals surface area contributed by atoms with Crippen LogP contribution in [0.5, 0.6) is 0 Å². The van der Waals surface area contributed by atoms with Gasteiger partial charge in [0, 0.05) is 13.0 Å². The van der Waals surface area contributed by atoms with Crippen LogP contribution in [0.15, 0.2) is 47.5 Å². The molecule has 4 heteroatoms. The fraction of sp³-hybridized carbons (Fsp3) is 0.478. The summed E-state index contributed by atoms with van der Waals surface area (Å²) in [4.78, 5) is 18.6. The number of ether oxygens (including phenoxy) is 1. The highest BCUT2D eigenvalue weighted by molar-refractivity contribution is 6.36. The lowest BCUT2D eigenvalue weighted by Crippen LogP contribution is -2.33. The summed E-state index contributed by atoms with van der Waals surface area (Å²) in [5, 5.41) is 2.63. The first-order valence-electron chi connectivity index (χ1n) is 10.2. The third-order valence-corrected chi connectivity index (χ3v) is 5.77. The number of likely N-dealkylation sites (tertiary alicyclic amines) is 1. The fourth-order valence-electron chi connectivity index (χ4n) is 4.19. The van der Waals surface area contributed by atoms with Crippen molar-refractivity contribution >= 4 is 22.5 Å². The molecule has 0 aromatic heterocycles. The van der Waals surface area contributed by atoms with Crippen LogP contribution in [-0.4, -0.2) is 42.8 Å². The Kier molecular flexibility index (Phi) is 5.83. The van der Waals surface area contributed by atoms with Crippen LogP contribution in [0.4, 0.5) is 0 Å². The van der Waals surface area contributed by atoms with Crippen LogP contribution in [0.2, 0.25) is 0 Å². The molecule has 0 radical (unpaired) electrons. The average molecular weight is 364 g/mol. The number of aliphatic imine (C=N–C) groups is 1. The lowest BCUT2D eigenvalue weighted by atomic mass is 9.91. The molecule has 2 aromatic carbocycles. The molecule has 0 aliphatic carbocycles. The van der Waals surface area contributed by atoms with Gasteiger partial charge in [0.25, 0.3) is 5.90 Å². The summed E-state index contributed by atoms with van der Waals surface area (Å²) in [5.74, 6) is 1.19. The van der Waals surface area contributed by atoms with Crippen LogP contribution < -0.4 is 0 Å². The van der Waals surface area contributed by atoms with Crippen molar-refractivity contribution in [1.82, 2.24) is 4.90 Å². The number of carbonyl (C=O) groups excluding carboxylic acids is 1. The minimum absolute atomic E-state index is 0.0845. The molecular weight excluding hydrogens is 336 g/mol. The summed E-state index contributed by atoms with van der Waals surface area (Å²) >= 11 is 0. The molecule has 1 saturated heterocycles.